The minimum Gasteiger partial charge on any atom is -0.245 e. The Kier molecular flexibility index (Phi) is 3.39. The number of rotatable bonds is 1. The predicted molar refractivity (Wildman–Crippen MR) is 114 cm³/mol. The van der Waals surface area contributed by atoms with E-state index in [2.05, 4.69) is 59.8 Å². The molecule has 0 fully saturated rings. The fraction of sp³-hybridized carbons (Fsp3) is 0.500. The van der Waals surface area contributed by atoms with Crippen LogP contribution < -0.4 is 11.4 Å². The van der Waals surface area contributed by atoms with Crippen LogP contribution in [0.5, 0.6) is 0 Å². The summed E-state index contributed by atoms with van der Waals surface area (Å²) in [6.45, 7) is 13.5. The van der Waals surface area contributed by atoms with Gasteiger partial charge in [0.15, 0.2) is 0 Å². The van der Waals surface area contributed by atoms with Gasteiger partial charge in [0.2, 0.25) is 0 Å². The van der Waals surface area contributed by atoms with Crippen LogP contribution in [0.25, 0.3) is 5.69 Å². The standard InChI is InChI=1S/C24H29N3O2/c1-22(2,3)16-14-24(23(4,5)6)18-13-12-17(19(16)24)26-20(28)25(21(29)27(18)26)15-10-8-7-9-11-15/h7-14,17-19H,1-6H3/t17-,18-,19+,24+/m0/s1. The highest BCUT2D eigenvalue weighted by Gasteiger charge is 2.67. The third kappa shape index (κ3) is 2.06. The molecule has 4 atom stereocenters. The topological polar surface area (TPSA) is 48.9 Å². The summed E-state index contributed by atoms with van der Waals surface area (Å²) >= 11 is 0. The Morgan fingerprint density at radius 3 is 2.07 bits per heavy atom. The van der Waals surface area contributed by atoms with Gasteiger partial charge in [-0.25, -0.2) is 23.5 Å². The van der Waals surface area contributed by atoms with E-state index in [0.29, 0.717) is 5.69 Å². The Morgan fingerprint density at radius 1 is 0.862 bits per heavy atom. The fourth-order valence-corrected chi connectivity index (χ4v) is 5.93. The molecule has 2 aromatic rings. The zero-order valence-corrected chi connectivity index (χ0v) is 18.0. The van der Waals surface area contributed by atoms with E-state index < -0.39 is 0 Å². The maximum Gasteiger partial charge on any atom is 0.352 e. The van der Waals surface area contributed by atoms with E-state index in [4.69, 9.17) is 0 Å². The third-order valence-corrected chi connectivity index (χ3v) is 7.30. The van der Waals surface area contributed by atoms with Crippen LogP contribution in [0, 0.1) is 22.2 Å². The highest BCUT2D eigenvalue weighted by Crippen LogP contribution is 2.71. The van der Waals surface area contributed by atoms with Crippen LogP contribution in [-0.4, -0.2) is 13.9 Å². The molecule has 6 rings (SSSR count). The van der Waals surface area contributed by atoms with Gasteiger partial charge in [-0.2, -0.15) is 0 Å². The molecular formula is C24H29N3O2. The maximum absolute atomic E-state index is 13.5. The van der Waals surface area contributed by atoms with Crippen LogP contribution in [0.2, 0.25) is 0 Å². The summed E-state index contributed by atoms with van der Waals surface area (Å²) in [5.74, 6) is 0.223. The first-order valence-corrected chi connectivity index (χ1v) is 10.4. The summed E-state index contributed by atoms with van der Waals surface area (Å²) in [6.07, 6.45) is 6.71. The van der Waals surface area contributed by atoms with Crippen LogP contribution in [-0.2, 0) is 0 Å². The maximum atomic E-state index is 13.5. The summed E-state index contributed by atoms with van der Waals surface area (Å²) in [5, 5.41) is 0. The number of allylic oxidation sites excluding steroid dienone is 4. The van der Waals surface area contributed by atoms with Gasteiger partial charge in [-0.3, -0.25) is 0 Å². The molecule has 2 bridgehead atoms. The van der Waals surface area contributed by atoms with Crippen LogP contribution in [0.3, 0.4) is 0 Å². The van der Waals surface area contributed by atoms with Crippen molar-refractivity contribution in [1.29, 1.82) is 0 Å². The molecule has 0 saturated carbocycles. The second-order valence-corrected chi connectivity index (χ2v) is 10.8. The van der Waals surface area contributed by atoms with E-state index in [1.165, 1.54) is 10.1 Å². The second kappa shape index (κ2) is 5.32. The highest BCUT2D eigenvalue weighted by molar-refractivity contribution is 5.45. The SMILES string of the molecule is CC(C)(C)C1=C[C@]2(C(C)(C)C)[C@H]1[C@@H]1C=C[C@@H]2n2c(=O)n(-c3ccccc3)c(=O)n21. The molecule has 0 unspecified atom stereocenters. The Labute approximate surface area is 171 Å². The molecule has 1 aromatic carbocycles. The second-order valence-electron chi connectivity index (χ2n) is 10.8. The highest BCUT2D eigenvalue weighted by atomic mass is 16.2. The van der Waals surface area contributed by atoms with Crippen molar-refractivity contribution in [2.75, 3.05) is 0 Å². The predicted octanol–water partition coefficient (Wildman–Crippen LogP) is 4.10. The summed E-state index contributed by atoms with van der Waals surface area (Å²) in [7, 11) is 0. The number of hydrogen-bond donors (Lipinski definition) is 0. The molecule has 2 aliphatic carbocycles. The molecule has 3 heterocycles. The van der Waals surface area contributed by atoms with Crippen LogP contribution in [0.1, 0.15) is 53.6 Å². The Balaban J connectivity index is 1.81. The average Bonchev–Trinajstić information content (AvgIpc) is 2.86. The molecule has 5 nitrogen and oxygen atoms in total. The van der Waals surface area contributed by atoms with Crippen molar-refractivity contribution in [3.05, 3.63) is 75.1 Å². The monoisotopic (exact) mass is 391 g/mol. The summed E-state index contributed by atoms with van der Waals surface area (Å²) in [6, 6.07) is 8.94. The molecule has 29 heavy (non-hydrogen) atoms. The molecule has 0 amide bonds. The quantitative estimate of drug-likeness (QED) is 0.687. The van der Waals surface area contributed by atoms with E-state index in [9.17, 15) is 9.59 Å². The van der Waals surface area contributed by atoms with Gasteiger partial charge in [-0.05, 0) is 23.0 Å². The first-order valence-electron chi connectivity index (χ1n) is 10.4. The van der Waals surface area contributed by atoms with E-state index >= 15 is 0 Å². The third-order valence-electron chi connectivity index (χ3n) is 7.30. The van der Waals surface area contributed by atoms with Crippen molar-refractivity contribution in [3.63, 3.8) is 0 Å². The van der Waals surface area contributed by atoms with Gasteiger partial charge in [-0.1, -0.05) is 83.5 Å². The molecule has 0 spiro atoms. The summed E-state index contributed by atoms with van der Waals surface area (Å²) in [4.78, 5) is 27.0. The van der Waals surface area contributed by atoms with E-state index in [1.807, 2.05) is 30.3 Å². The van der Waals surface area contributed by atoms with Gasteiger partial charge in [-0.15, -0.1) is 0 Å². The zero-order chi connectivity index (χ0) is 20.9. The normalized spacial score (nSPS) is 29.9. The molecule has 5 heteroatoms. The minimum atomic E-state index is -0.250. The van der Waals surface area contributed by atoms with E-state index in [0.717, 1.165) is 0 Å². The molecule has 0 radical (unpaired) electrons. The van der Waals surface area contributed by atoms with Crippen molar-refractivity contribution in [2.24, 2.45) is 22.2 Å². The van der Waals surface area contributed by atoms with Gasteiger partial charge >= 0.3 is 11.4 Å². The first kappa shape index (κ1) is 18.5. The number of para-hydroxylation sites is 1. The number of hydrogen-bond acceptors (Lipinski definition) is 2. The average molecular weight is 392 g/mol. The molecule has 4 aliphatic rings. The number of aromatic nitrogens is 3. The van der Waals surface area contributed by atoms with Crippen LogP contribution in [0.4, 0.5) is 0 Å². The van der Waals surface area contributed by atoms with Gasteiger partial charge in [0.25, 0.3) is 0 Å². The molecule has 1 aromatic heterocycles. The zero-order valence-electron chi connectivity index (χ0n) is 18.0. The van der Waals surface area contributed by atoms with Crippen molar-refractivity contribution in [2.45, 2.75) is 53.6 Å². The summed E-state index contributed by atoms with van der Waals surface area (Å²) < 4.78 is 4.76. The lowest BCUT2D eigenvalue weighted by molar-refractivity contribution is -0.0653. The van der Waals surface area contributed by atoms with Crippen molar-refractivity contribution < 1.29 is 0 Å². The number of nitrogens with zero attached hydrogens (tertiary/aromatic N) is 3. The Hall–Kier alpha value is -2.56. The first-order chi connectivity index (χ1) is 13.5. The van der Waals surface area contributed by atoms with Crippen molar-refractivity contribution >= 4 is 0 Å². The minimum absolute atomic E-state index is 0.0292. The van der Waals surface area contributed by atoms with Crippen molar-refractivity contribution in [3.8, 4) is 5.69 Å². The van der Waals surface area contributed by atoms with Crippen LogP contribution >= 0.6 is 0 Å². The lowest BCUT2D eigenvalue weighted by Crippen LogP contribution is -2.64. The summed E-state index contributed by atoms with van der Waals surface area (Å²) in [5.41, 5.74) is 1.33. The number of benzene rings is 1. The van der Waals surface area contributed by atoms with Gasteiger partial charge in [0, 0.05) is 11.3 Å². The molecular weight excluding hydrogens is 362 g/mol. The lowest BCUT2D eigenvalue weighted by atomic mass is 9.41. The van der Waals surface area contributed by atoms with Gasteiger partial charge in [0.1, 0.15) is 0 Å². The van der Waals surface area contributed by atoms with E-state index in [-0.39, 0.29) is 45.6 Å². The van der Waals surface area contributed by atoms with Crippen LogP contribution in [0.15, 0.2) is 63.7 Å². The van der Waals surface area contributed by atoms with Gasteiger partial charge < -0.3 is 0 Å². The largest absolute Gasteiger partial charge is 0.352 e. The van der Waals surface area contributed by atoms with Gasteiger partial charge in [0.05, 0.1) is 17.8 Å². The Morgan fingerprint density at radius 2 is 1.48 bits per heavy atom. The molecule has 152 valence electrons. The lowest BCUT2D eigenvalue weighted by Gasteiger charge is -2.66. The Bertz CT molecular complexity index is 1180. The molecule has 2 aliphatic heterocycles. The molecule has 0 N–H and O–H groups in total. The molecule has 0 saturated heterocycles. The van der Waals surface area contributed by atoms with Crippen molar-refractivity contribution in [1.82, 2.24) is 13.9 Å². The smallest absolute Gasteiger partial charge is 0.245 e. The van der Waals surface area contributed by atoms with E-state index in [1.54, 1.807) is 9.36 Å². The fourth-order valence-electron chi connectivity index (χ4n) is 5.93.